The lowest BCUT2D eigenvalue weighted by atomic mass is 10.1. The van der Waals surface area contributed by atoms with E-state index in [9.17, 15) is 14.9 Å². The molecule has 0 aliphatic carbocycles. The summed E-state index contributed by atoms with van der Waals surface area (Å²) in [6.07, 6.45) is 1.98. The zero-order chi connectivity index (χ0) is 21.4. The van der Waals surface area contributed by atoms with Gasteiger partial charge in [-0.3, -0.25) is 14.9 Å². The lowest BCUT2D eigenvalue weighted by Gasteiger charge is -2.17. The molecule has 0 saturated carbocycles. The molecule has 0 radical (unpaired) electrons. The van der Waals surface area contributed by atoms with Crippen LogP contribution in [-0.2, 0) is 0 Å². The summed E-state index contributed by atoms with van der Waals surface area (Å²) < 4.78 is 0. The van der Waals surface area contributed by atoms with Gasteiger partial charge in [-0.1, -0.05) is 38.1 Å². The van der Waals surface area contributed by atoms with Crippen molar-refractivity contribution in [2.45, 2.75) is 56.4 Å². The average Bonchev–Trinajstić information content (AvgIpc) is 2.69. The Morgan fingerprint density at radius 2 is 1.90 bits per heavy atom. The lowest BCUT2D eigenvalue weighted by molar-refractivity contribution is -0.387. The minimum atomic E-state index is -0.432. The van der Waals surface area contributed by atoms with Crippen molar-refractivity contribution in [1.29, 1.82) is 0 Å². The lowest BCUT2D eigenvalue weighted by Crippen LogP contribution is -2.40. The predicted octanol–water partition coefficient (Wildman–Crippen LogP) is 4.87. The number of nitrogens with zero attached hydrogens (tertiary/aromatic N) is 1. The first-order chi connectivity index (χ1) is 13.8. The average molecular weight is 416 g/mol. The van der Waals surface area contributed by atoms with E-state index in [1.807, 2.05) is 39.0 Å². The summed E-state index contributed by atoms with van der Waals surface area (Å²) >= 11 is 1.33. The third-order valence-electron chi connectivity index (χ3n) is 4.76. The van der Waals surface area contributed by atoms with Crippen LogP contribution in [0.1, 0.15) is 48.2 Å². The van der Waals surface area contributed by atoms with Gasteiger partial charge in [0.25, 0.3) is 11.6 Å². The number of likely N-dealkylation sites (N-methyl/N-ethyl adjacent to an activating group) is 1. The van der Waals surface area contributed by atoms with Crippen LogP contribution in [0.15, 0.2) is 46.2 Å². The second-order valence-corrected chi connectivity index (χ2v) is 8.16. The fraction of sp³-hybridized carbons (Fsp3) is 0.409. The highest BCUT2D eigenvalue weighted by atomic mass is 32.2. The van der Waals surface area contributed by atoms with Gasteiger partial charge in [-0.05, 0) is 62.2 Å². The van der Waals surface area contributed by atoms with E-state index in [0.29, 0.717) is 17.0 Å². The van der Waals surface area contributed by atoms with Crippen LogP contribution < -0.4 is 10.6 Å². The topological polar surface area (TPSA) is 84.3 Å². The van der Waals surface area contributed by atoms with Gasteiger partial charge >= 0.3 is 0 Å². The molecule has 2 rings (SSSR count). The Kier molecular flexibility index (Phi) is 8.67. The number of nitro benzene ring substituents is 1. The van der Waals surface area contributed by atoms with E-state index in [4.69, 9.17) is 0 Å². The second kappa shape index (κ2) is 11.0. The van der Waals surface area contributed by atoms with Crippen LogP contribution in [0.5, 0.6) is 0 Å². The molecule has 6 nitrogen and oxygen atoms in total. The number of aryl methyl sites for hydroxylation is 2. The molecule has 0 bridgehead atoms. The molecule has 0 fully saturated rings. The van der Waals surface area contributed by atoms with Crippen molar-refractivity contribution in [2.24, 2.45) is 0 Å². The Morgan fingerprint density at radius 1 is 1.14 bits per heavy atom. The number of nitro groups is 1. The minimum Gasteiger partial charge on any atom is -0.350 e. The van der Waals surface area contributed by atoms with E-state index in [1.165, 1.54) is 23.4 Å². The molecular formula is C22H29N3O3S. The number of carbonyl (C=O) groups excluding carboxylic acids is 1. The molecular weight excluding hydrogens is 386 g/mol. The molecule has 1 atom stereocenters. The van der Waals surface area contributed by atoms with Crippen molar-refractivity contribution in [3.8, 4) is 0 Å². The third-order valence-corrected chi connectivity index (χ3v) is 5.82. The Balaban J connectivity index is 2.16. The van der Waals surface area contributed by atoms with E-state index in [0.717, 1.165) is 29.8 Å². The molecule has 1 amide bonds. The summed E-state index contributed by atoms with van der Waals surface area (Å²) in [6, 6.07) is 10.8. The Labute approximate surface area is 176 Å². The van der Waals surface area contributed by atoms with Gasteiger partial charge in [-0.2, -0.15) is 0 Å². The normalized spacial score (nSPS) is 11.9. The van der Waals surface area contributed by atoms with Crippen LogP contribution in [0.3, 0.4) is 0 Å². The smallest absolute Gasteiger partial charge is 0.284 e. The van der Waals surface area contributed by atoms with E-state index < -0.39 is 4.92 Å². The standard InChI is InChI=1S/C22H29N3O3S/c1-5-7-18(23-6-2)14-24-22(26)17-9-11-21(20(13-17)25(27)28)29-19-10-8-15(3)16(4)12-19/h8-13,18,23H,5-7,14H2,1-4H3,(H,24,26). The maximum absolute atomic E-state index is 12.5. The molecule has 0 aromatic heterocycles. The Hall–Kier alpha value is -2.38. The predicted molar refractivity (Wildman–Crippen MR) is 118 cm³/mol. The first-order valence-corrected chi connectivity index (χ1v) is 10.7. The van der Waals surface area contributed by atoms with Gasteiger partial charge in [0.2, 0.25) is 0 Å². The zero-order valence-corrected chi connectivity index (χ0v) is 18.3. The molecule has 0 saturated heterocycles. The van der Waals surface area contributed by atoms with E-state index >= 15 is 0 Å². The van der Waals surface area contributed by atoms with Gasteiger partial charge in [0.05, 0.1) is 9.82 Å². The van der Waals surface area contributed by atoms with Crippen LogP contribution in [-0.4, -0.2) is 30.0 Å². The van der Waals surface area contributed by atoms with Crippen molar-refractivity contribution < 1.29 is 9.72 Å². The molecule has 29 heavy (non-hydrogen) atoms. The molecule has 2 aromatic rings. The molecule has 2 aromatic carbocycles. The summed E-state index contributed by atoms with van der Waals surface area (Å²) in [5.74, 6) is -0.296. The third kappa shape index (κ3) is 6.58. The molecule has 7 heteroatoms. The summed E-state index contributed by atoms with van der Waals surface area (Å²) in [6.45, 7) is 9.49. The quantitative estimate of drug-likeness (QED) is 0.427. The number of benzene rings is 2. The van der Waals surface area contributed by atoms with Crippen molar-refractivity contribution >= 4 is 23.4 Å². The molecule has 0 spiro atoms. The van der Waals surface area contributed by atoms with E-state index in [1.54, 1.807) is 12.1 Å². The molecule has 0 aliphatic heterocycles. The van der Waals surface area contributed by atoms with E-state index in [2.05, 4.69) is 17.6 Å². The van der Waals surface area contributed by atoms with Crippen molar-refractivity contribution in [2.75, 3.05) is 13.1 Å². The first kappa shape index (κ1) is 22.9. The van der Waals surface area contributed by atoms with Gasteiger partial charge in [0.1, 0.15) is 0 Å². The number of amides is 1. The zero-order valence-electron chi connectivity index (χ0n) is 17.5. The van der Waals surface area contributed by atoms with Gasteiger partial charge in [0, 0.05) is 29.1 Å². The number of carbonyl (C=O) groups is 1. The van der Waals surface area contributed by atoms with Gasteiger partial charge < -0.3 is 10.6 Å². The summed E-state index contributed by atoms with van der Waals surface area (Å²) in [5.41, 5.74) is 2.55. The first-order valence-electron chi connectivity index (χ1n) is 9.90. The van der Waals surface area contributed by atoms with Crippen LogP contribution in [0.25, 0.3) is 0 Å². The maximum atomic E-state index is 12.5. The minimum absolute atomic E-state index is 0.0577. The highest BCUT2D eigenvalue weighted by Crippen LogP contribution is 2.36. The van der Waals surface area contributed by atoms with Gasteiger partial charge in [-0.25, -0.2) is 0 Å². The SMILES string of the molecule is CCCC(CNC(=O)c1ccc(Sc2ccc(C)c(C)c2)c([N+](=O)[O-])c1)NCC. The summed E-state index contributed by atoms with van der Waals surface area (Å²) in [5, 5.41) is 17.8. The maximum Gasteiger partial charge on any atom is 0.284 e. The number of nitrogens with one attached hydrogen (secondary N) is 2. The van der Waals surface area contributed by atoms with E-state index in [-0.39, 0.29) is 17.6 Å². The molecule has 1 unspecified atom stereocenters. The molecule has 156 valence electrons. The van der Waals surface area contributed by atoms with Crippen molar-refractivity contribution in [3.05, 3.63) is 63.2 Å². The Morgan fingerprint density at radius 3 is 2.52 bits per heavy atom. The van der Waals surface area contributed by atoms with Crippen molar-refractivity contribution in [1.82, 2.24) is 10.6 Å². The number of rotatable bonds is 10. The van der Waals surface area contributed by atoms with Crippen LogP contribution in [0, 0.1) is 24.0 Å². The molecule has 2 N–H and O–H groups in total. The summed E-state index contributed by atoms with van der Waals surface area (Å²) in [4.78, 5) is 25.1. The van der Waals surface area contributed by atoms with Gasteiger partial charge in [0.15, 0.2) is 0 Å². The molecule has 0 aliphatic rings. The van der Waals surface area contributed by atoms with Crippen LogP contribution >= 0.6 is 11.8 Å². The van der Waals surface area contributed by atoms with Crippen LogP contribution in [0.4, 0.5) is 5.69 Å². The monoisotopic (exact) mass is 415 g/mol. The fourth-order valence-corrected chi connectivity index (χ4v) is 4.02. The highest BCUT2D eigenvalue weighted by Gasteiger charge is 2.19. The Bertz CT molecular complexity index is 864. The van der Waals surface area contributed by atoms with Crippen LogP contribution in [0.2, 0.25) is 0 Å². The number of hydrogen-bond acceptors (Lipinski definition) is 5. The fourth-order valence-electron chi connectivity index (χ4n) is 3.02. The second-order valence-electron chi connectivity index (χ2n) is 7.04. The van der Waals surface area contributed by atoms with Gasteiger partial charge in [-0.15, -0.1) is 0 Å². The van der Waals surface area contributed by atoms with Crippen molar-refractivity contribution in [3.63, 3.8) is 0 Å². The summed E-state index contributed by atoms with van der Waals surface area (Å²) in [7, 11) is 0. The largest absolute Gasteiger partial charge is 0.350 e. The molecule has 0 heterocycles. The number of hydrogen-bond donors (Lipinski definition) is 2. The highest BCUT2D eigenvalue weighted by molar-refractivity contribution is 7.99.